The van der Waals surface area contributed by atoms with Gasteiger partial charge in [0.15, 0.2) is 0 Å². The Labute approximate surface area is 237 Å². The fourth-order valence-corrected chi connectivity index (χ4v) is 5.15. The summed E-state index contributed by atoms with van der Waals surface area (Å²) in [5.41, 5.74) is 13.8. The number of aryl methyl sites for hydroxylation is 1. The van der Waals surface area contributed by atoms with E-state index in [2.05, 4.69) is 41.8 Å². The van der Waals surface area contributed by atoms with Crippen LogP contribution in [0.5, 0.6) is 0 Å². The lowest BCUT2D eigenvalue weighted by Gasteiger charge is -2.20. The maximum absolute atomic E-state index is 13.0. The Hall–Kier alpha value is -3.84. The lowest BCUT2D eigenvalue weighted by atomic mass is 10.0. The summed E-state index contributed by atoms with van der Waals surface area (Å²) in [5, 5.41) is 6.78. The van der Waals surface area contributed by atoms with Gasteiger partial charge in [0, 0.05) is 34.5 Å². The monoisotopic (exact) mass is 558 g/mol. The third-order valence-corrected chi connectivity index (χ3v) is 7.38. The van der Waals surface area contributed by atoms with Crippen LogP contribution >= 0.6 is 23.2 Å². The van der Waals surface area contributed by atoms with Gasteiger partial charge in [-0.05, 0) is 77.6 Å². The van der Waals surface area contributed by atoms with Crippen molar-refractivity contribution < 1.29 is 9.59 Å². The Morgan fingerprint density at radius 2 is 1.44 bits per heavy atom. The van der Waals surface area contributed by atoms with Crippen LogP contribution in [-0.2, 0) is 24.3 Å². The highest BCUT2D eigenvalue weighted by Crippen LogP contribution is 2.28. The van der Waals surface area contributed by atoms with E-state index in [-0.39, 0.29) is 11.9 Å². The molecule has 198 valence electrons. The van der Waals surface area contributed by atoms with Crippen molar-refractivity contribution in [3.8, 4) is 11.1 Å². The third kappa shape index (κ3) is 6.42. The van der Waals surface area contributed by atoms with Gasteiger partial charge >= 0.3 is 6.03 Å². The van der Waals surface area contributed by atoms with E-state index in [9.17, 15) is 9.59 Å². The second kappa shape index (κ2) is 11.5. The van der Waals surface area contributed by atoms with Crippen LogP contribution in [0.4, 0.5) is 16.2 Å². The number of urea groups is 1. The van der Waals surface area contributed by atoms with Gasteiger partial charge in [-0.1, -0.05) is 77.3 Å². The molecule has 4 aromatic carbocycles. The van der Waals surface area contributed by atoms with Gasteiger partial charge in [-0.15, -0.1) is 0 Å². The molecule has 0 aliphatic carbocycles. The van der Waals surface area contributed by atoms with Gasteiger partial charge in [-0.3, -0.25) is 4.79 Å². The van der Waals surface area contributed by atoms with Crippen LogP contribution < -0.4 is 16.4 Å². The van der Waals surface area contributed by atoms with Crippen LogP contribution in [0.15, 0.2) is 84.9 Å². The van der Waals surface area contributed by atoms with E-state index in [1.165, 1.54) is 5.56 Å². The van der Waals surface area contributed by atoms with Crippen molar-refractivity contribution in [2.24, 2.45) is 5.73 Å². The topological polar surface area (TPSA) is 87.5 Å². The smallest absolute Gasteiger partial charge is 0.323 e. The van der Waals surface area contributed by atoms with Gasteiger partial charge in [0.25, 0.3) is 0 Å². The van der Waals surface area contributed by atoms with E-state index in [0.29, 0.717) is 40.9 Å². The van der Waals surface area contributed by atoms with Crippen molar-refractivity contribution in [2.75, 3.05) is 10.6 Å². The largest absolute Gasteiger partial charge is 0.333 e. The molecular weight excluding hydrogens is 531 g/mol. The van der Waals surface area contributed by atoms with Crippen LogP contribution in [0.1, 0.15) is 22.3 Å². The molecule has 6 nitrogen and oxygen atoms in total. The average Bonchev–Trinajstić information content (AvgIpc) is 3.34. The molecule has 1 aliphatic rings. The second-order valence-electron chi connectivity index (χ2n) is 9.75. The van der Waals surface area contributed by atoms with Gasteiger partial charge < -0.3 is 21.3 Å². The van der Waals surface area contributed by atoms with Crippen molar-refractivity contribution in [3.63, 3.8) is 0 Å². The molecule has 0 spiro atoms. The molecule has 8 heteroatoms. The molecule has 3 amide bonds. The lowest BCUT2D eigenvalue weighted by molar-refractivity contribution is -0.133. The van der Waals surface area contributed by atoms with E-state index < -0.39 is 6.04 Å². The van der Waals surface area contributed by atoms with Gasteiger partial charge in [0.05, 0.1) is 6.04 Å². The quantitative estimate of drug-likeness (QED) is 0.237. The Morgan fingerprint density at radius 1 is 0.821 bits per heavy atom. The number of fused-ring (bicyclic) bond motifs is 1. The molecule has 4 aromatic rings. The minimum absolute atomic E-state index is 0.154. The van der Waals surface area contributed by atoms with E-state index in [0.717, 1.165) is 27.8 Å². The first-order valence-electron chi connectivity index (χ1n) is 12.6. The molecule has 0 radical (unpaired) electrons. The fraction of sp³-hybridized carbons (Fsp3) is 0.161. The van der Waals surface area contributed by atoms with E-state index in [1.807, 2.05) is 42.5 Å². The molecule has 39 heavy (non-hydrogen) atoms. The average molecular weight is 559 g/mol. The number of nitrogens with zero attached hydrogens (tertiary/aromatic N) is 1. The second-order valence-corrected chi connectivity index (χ2v) is 10.6. The minimum atomic E-state index is -0.723. The molecular formula is C31H28Cl2N4O2. The van der Waals surface area contributed by atoms with Gasteiger partial charge in [-0.2, -0.15) is 0 Å². The van der Waals surface area contributed by atoms with Crippen molar-refractivity contribution >= 4 is 46.5 Å². The van der Waals surface area contributed by atoms with Crippen molar-refractivity contribution in [1.82, 2.24) is 4.90 Å². The van der Waals surface area contributed by atoms with Crippen LogP contribution in [0.25, 0.3) is 11.1 Å². The highest BCUT2D eigenvalue weighted by Gasteiger charge is 2.28. The summed E-state index contributed by atoms with van der Waals surface area (Å²) < 4.78 is 0. The molecule has 0 saturated heterocycles. The predicted octanol–water partition coefficient (Wildman–Crippen LogP) is 7.03. The summed E-state index contributed by atoms with van der Waals surface area (Å²) in [6.07, 6.45) is 0.320. The number of hydrogen-bond donors (Lipinski definition) is 3. The Kier molecular flexibility index (Phi) is 7.89. The number of anilines is 2. The van der Waals surface area contributed by atoms with E-state index in [4.69, 9.17) is 28.9 Å². The fourth-order valence-electron chi connectivity index (χ4n) is 4.66. The van der Waals surface area contributed by atoms with E-state index in [1.54, 1.807) is 23.1 Å². The molecule has 0 fully saturated rings. The number of nitrogens with two attached hydrogens (primary N) is 1. The van der Waals surface area contributed by atoms with Crippen LogP contribution in [-0.4, -0.2) is 22.9 Å². The number of halogens is 2. The Balaban J connectivity index is 1.17. The van der Waals surface area contributed by atoms with Crippen molar-refractivity contribution in [3.05, 3.63) is 117 Å². The standard InChI is InChI=1S/C31H28Cl2N4O2/c1-19-2-4-20(5-3-19)21-7-11-26(12-8-21)35-31(39)36-27-13-9-23-17-37(18-24(23)14-27)30(38)29(34)15-22-6-10-25(32)16-28(22)33/h2-14,16,29H,15,17-18,34H2,1H3,(H2,35,36,39). The maximum Gasteiger partial charge on any atom is 0.323 e. The first-order chi connectivity index (χ1) is 18.7. The normalized spacial score (nSPS) is 13.1. The van der Waals surface area contributed by atoms with E-state index >= 15 is 0 Å². The highest BCUT2D eigenvalue weighted by atomic mass is 35.5. The van der Waals surface area contributed by atoms with Crippen molar-refractivity contribution in [2.45, 2.75) is 32.5 Å². The molecule has 0 bridgehead atoms. The minimum Gasteiger partial charge on any atom is -0.333 e. The molecule has 0 aromatic heterocycles. The van der Waals surface area contributed by atoms with Crippen molar-refractivity contribution in [1.29, 1.82) is 0 Å². The van der Waals surface area contributed by atoms with Gasteiger partial charge in [0.2, 0.25) is 5.91 Å². The zero-order valence-electron chi connectivity index (χ0n) is 21.4. The summed E-state index contributed by atoms with van der Waals surface area (Å²) >= 11 is 12.2. The number of nitrogens with one attached hydrogen (secondary N) is 2. The Bertz CT molecular complexity index is 1520. The molecule has 1 atom stereocenters. The van der Waals surface area contributed by atoms with Crippen LogP contribution in [0, 0.1) is 6.92 Å². The summed E-state index contributed by atoms with van der Waals surface area (Å²) in [4.78, 5) is 27.4. The number of carbonyl (C=O) groups is 2. The number of benzene rings is 4. The zero-order valence-corrected chi connectivity index (χ0v) is 22.9. The van der Waals surface area contributed by atoms with Gasteiger partial charge in [-0.25, -0.2) is 4.79 Å². The zero-order chi connectivity index (χ0) is 27.5. The maximum atomic E-state index is 13.0. The SMILES string of the molecule is Cc1ccc(-c2ccc(NC(=O)Nc3ccc4c(c3)CN(C(=O)C(N)Cc3ccc(Cl)cc3Cl)C4)cc2)cc1. The molecule has 5 rings (SSSR count). The molecule has 1 heterocycles. The summed E-state index contributed by atoms with van der Waals surface area (Å²) in [6.45, 7) is 2.95. The Morgan fingerprint density at radius 3 is 2.13 bits per heavy atom. The molecule has 0 saturated carbocycles. The highest BCUT2D eigenvalue weighted by molar-refractivity contribution is 6.35. The number of amides is 3. The number of rotatable bonds is 6. The first kappa shape index (κ1) is 26.8. The van der Waals surface area contributed by atoms with Gasteiger partial charge in [0.1, 0.15) is 0 Å². The predicted molar refractivity (Wildman–Crippen MR) is 158 cm³/mol. The van der Waals surface area contributed by atoms with Crippen LogP contribution in [0.2, 0.25) is 10.0 Å². The summed E-state index contributed by atoms with van der Waals surface area (Å²) in [7, 11) is 0. The lowest BCUT2D eigenvalue weighted by Crippen LogP contribution is -2.42. The molecule has 1 unspecified atom stereocenters. The molecule has 1 aliphatic heterocycles. The first-order valence-corrected chi connectivity index (χ1v) is 13.4. The molecule has 4 N–H and O–H groups in total. The number of carbonyl (C=O) groups excluding carboxylic acids is 2. The van der Waals surface area contributed by atoms with Crippen LogP contribution in [0.3, 0.4) is 0 Å². The third-order valence-electron chi connectivity index (χ3n) is 6.80. The summed E-state index contributed by atoms with van der Waals surface area (Å²) in [6, 6.07) is 25.8. The summed E-state index contributed by atoms with van der Waals surface area (Å²) in [5.74, 6) is -0.154. The number of hydrogen-bond acceptors (Lipinski definition) is 3.